The molecule has 2 aromatic rings. The molecule has 152 valence electrons. The van der Waals surface area contributed by atoms with Crippen molar-refractivity contribution in [1.29, 1.82) is 0 Å². The van der Waals surface area contributed by atoms with Gasteiger partial charge in [-0.05, 0) is 40.7 Å². The predicted octanol–water partition coefficient (Wildman–Crippen LogP) is 3.17. The van der Waals surface area contributed by atoms with E-state index in [0.29, 0.717) is 11.7 Å². The fraction of sp³-hybridized carbons (Fsp3) is 0.500. The molecule has 0 aliphatic rings. The molecule has 0 radical (unpaired) electrons. The van der Waals surface area contributed by atoms with E-state index in [1.54, 1.807) is 27.8 Å². The summed E-state index contributed by atoms with van der Waals surface area (Å²) in [5.74, 6) is 0.360. The third-order valence-electron chi connectivity index (χ3n) is 3.85. The van der Waals surface area contributed by atoms with E-state index in [-0.39, 0.29) is 18.2 Å². The first kappa shape index (κ1) is 21.9. The number of nitrogens with zero attached hydrogens (tertiary/aromatic N) is 4. The van der Waals surface area contributed by atoms with Crippen LogP contribution in [0.15, 0.2) is 29.4 Å². The molecule has 7 nitrogen and oxygen atoms in total. The number of amides is 1. The van der Waals surface area contributed by atoms with E-state index in [1.807, 2.05) is 36.6 Å². The first-order chi connectivity index (χ1) is 13.1. The van der Waals surface area contributed by atoms with Crippen LogP contribution in [-0.4, -0.2) is 56.5 Å². The van der Waals surface area contributed by atoms with Gasteiger partial charge in [0.05, 0.1) is 5.75 Å². The van der Waals surface area contributed by atoms with E-state index in [2.05, 4.69) is 16.3 Å². The Bertz CT molecular complexity index is 842. The maximum Gasteiger partial charge on any atom is 0.326 e. The molecule has 8 heteroatoms. The Kier molecular flexibility index (Phi) is 7.23. The Balaban J connectivity index is 2.00. The van der Waals surface area contributed by atoms with Crippen LogP contribution in [0.3, 0.4) is 0 Å². The zero-order chi connectivity index (χ0) is 20.9. The van der Waals surface area contributed by atoms with Crippen molar-refractivity contribution < 1.29 is 14.3 Å². The summed E-state index contributed by atoms with van der Waals surface area (Å²) >= 11 is 1.31. The summed E-state index contributed by atoms with van der Waals surface area (Å²) in [7, 11) is 1.59. The van der Waals surface area contributed by atoms with Gasteiger partial charge >= 0.3 is 5.97 Å². The molecule has 0 aliphatic heterocycles. The number of aromatic nitrogens is 3. The highest BCUT2D eigenvalue weighted by molar-refractivity contribution is 7.99. The van der Waals surface area contributed by atoms with Gasteiger partial charge < -0.3 is 14.2 Å². The van der Waals surface area contributed by atoms with Crippen LogP contribution in [0, 0.1) is 6.92 Å². The summed E-state index contributed by atoms with van der Waals surface area (Å²) in [6.07, 6.45) is 0. The van der Waals surface area contributed by atoms with Gasteiger partial charge in [-0.3, -0.25) is 9.59 Å². The quantitative estimate of drug-likeness (QED) is 0.521. The minimum Gasteiger partial charge on any atom is -0.459 e. The van der Waals surface area contributed by atoms with Crippen molar-refractivity contribution in [3.63, 3.8) is 0 Å². The second-order valence-electron chi connectivity index (χ2n) is 7.54. The maximum absolute atomic E-state index is 12.4. The van der Waals surface area contributed by atoms with Crippen LogP contribution in [0.5, 0.6) is 0 Å². The van der Waals surface area contributed by atoms with Crippen molar-refractivity contribution in [2.24, 2.45) is 0 Å². The summed E-state index contributed by atoms with van der Waals surface area (Å²) in [4.78, 5) is 25.6. The predicted molar refractivity (Wildman–Crippen MR) is 110 cm³/mol. The average Bonchev–Trinajstić information content (AvgIpc) is 3.00. The molecule has 0 bridgehead atoms. The number of likely N-dealkylation sites (N-methyl/N-ethyl adjacent to an activating group) is 1. The zero-order valence-corrected chi connectivity index (χ0v) is 18.2. The molecule has 2 rings (SSSR count). The van der Waals surface area contributed by atoms with E-state index >= 15 is 0 Å². The Morgan fingerprint density at radius 3 is 2.57 bits per heavy atom. The minimum atomic E-state index is -0.570. The Morgan fingerprint density at radius 1 is 1.25 bits per heavy atom. The fourth-order valence-electron chi connectivity index (χ4n) is 2.57. The number of esters is 1. The normalized spacial score (nSPS) is 11.4. The number of hydrogen-bond donors (Lipinski definition) is 0. The van der Waals surface area contributed by atoms with Gasteiger partial charge in [0.15, 0.2) is 11.0 Å². The van der Waals surface area contributed by atoms with E-state index in [4.69, 9.17) is 4.74 Å². The van der Waals surface area contributed by atoms with Gasteiger partial charge in [-0.2, -0.15) is 0 Å². The fourth-order valence-corrected chi connectivity index (χ4v) is 3.51. The molecule has 28 heavy (non-hydrogen) atoms. The van der Waals surface area contributed by atoms with Crippen LogP contribution in [-0.2, 0) is 20.9 Å². The van der Waals surface area contributed by atoms with Gasteiger partial charge in [-0.15, -0.1) is 10.2 Å². The SMILES string of the molecule is CCn1c(SCC(=O)N(C)CC(=O)OC(C)(C)C)nnc1-c1cccc(C)c1. The summed E-state index contributed by atoms with van der Waals surface area (Å²) in [6, 6.07) is 8.08. The standard InChI is InChI=1S/C20H28N4O3S/c1-7-24-18(15-10-8-9-14(2)11-15)21-22-19(24)28-13-16(25)23(6)12-17(26)27-20(3,4)5/h8-11H,7,12-13H2,1-6H3. The second-order valence-corrected chi connectivity index (χ2v) is 8.49. The van der Waals surface area contributed by atoms with Crippen LogP contribution >= 0.6 is 11.8 Å². The molecule has 1 aromatic heterocycles. The van der Waals surface area contributed by atoms with Crippen LogP contribution in [0.25, 0.3) is 11.4 Å². The van der Waals surface area contributed by atoms with Crippen LogP contribution in [0.1, 0.15) is 33.3 Å². The van der Waals surface area contributed by atoms with Gasteiger partial charge in [0.1, 0.15) is 12.1 Å². The number of benzene rings is 1. The smallest absolute Gasteiger partial charge is 0.326 e. The summed E-state index contributed by atoms with van der Waals surface area (Å²) in [5, 5.41) is 9.23. The van der Waals surface area contributed by atoms with Crippen molar-refractivity contribution in [3.05, 3.63) is 29.8 Å². The molecule has 0 fully saturated rings. The topological polar surface area (TPSA) is 77.3 Å². The summed E-state index contributed by atoms with van der Waals surface area (Å²) in [5.41, 5.74) is 1.57. The lowest BCUT2D eigenvalue weighted by molar-refractivity contribution is -0.157. The molecule has 1 heterocycles. The lowest BCUT2D eigenvalue weighted by atomic mass is 10.1. The zero-order valence-electron chi connectivity index (χ0n) is 17.4. The largest absolute Gasteiger partial charge is 0.459 e. The number of carbonyl (C=O) groups excluding carboxylic acids is 2. The molecule has 1 amide bonds. The van der Waals surface area contributed by atoms with Crippen molar-refractivity contribution >= 4 is 23.6 Å². The summed E-state index contributed by atoms with van der Waals surface area (Å²) < 4.78 is 7.24. The Hall–Kier alpha value is -2.35. The van der Waals surface area contributed by atoms with Gasteiger partial charge in [0.25, 0.3) is 0 Å². The second kappa shape index (κ2) is 9.23. The Morgan fingerprint density at radius 2 is 1.96 bits per heavy atom. The highest BCUT2D eigenvalue weighted by Gasteiger charge is 2.21. The molecule has 0 atom stereocenters. The maximum atomic E-state index is 12.4. The van der Waals surface area contributed by atoms with Crippen LogP contribution in [0.2, 0.25) is 0 Å². The van der Waals surface area contributed by atoms with Gasteiger partial charge in [0.2, 0.25) is 5.91 Å². The molecule has 0 aliphatic carbocycles. The van der Waals surface area contributed by atoms with Crippen LogP contribution in [0.4, 0.5) is 0 Å². The molecular weight excluding hydrogens is 376 g/mol. The Labute approximate surface area is 170 Å². The van der Waals surface area contributed by atoms with E-state index in [0.717, 1.165) is 17.0 Å². The molecular formula is C20H28N4O3S. The lowest BCUT2D eigenvalue weighted by Gasteiger charge is -2.22. The van der Waals surface area contributed by atoms with Gasteiger partial charge in [-0.25, -0.2) is 0 Å². The molecule has 1 aromatic carbocycles. The van der Waals surface area contributed by atoms with Crippen molar-refractivity contribution in [3.8, 4) is 11.4 Å². The molecule has 0 unspecified atom stereocenters. The van der Waals surface area contributed by atoms with E-state index in [9.17, 15) is 9.59 Å². The summed E-state index contributed by atoms with van der Waals surface area (Å²) in [6.45, 7) is 10.1. The highest BCUT2D eigenvalue weighted by Crippen LogP contribution is 2.24. The molecule has 0 saturated carbocycles. The number of carbonyl (C=O) groups is 2. The lowest BCUT2D eigenvalue weighted by Crippen LogP contribution is -2.37. The number of hydrogen-bond acceptors (Lipinski definition) is 6. The number of rotatable bonds is 7. The highest BCUT2D eigenvalue weighted by atomic mass is 32.2. The molecule has 0 N–H and O–H groups in total. The molecule has 0 spiro atoms. The first-order valence-electron chi connectivity index (χ1n) is 9.19. The number of ether oxygens (including phenoxy) is 1. The first-order valence-corrected chi connectivity index (χ1v) is 10.2. The van der Waals surface area contributed by atoms with E-state index < -0.39 is 11.6 Å². The molecule has 0 saturated heterocycles. The van der Waals surface area contributed by atoms with Crippen molar-refractivity contribution in [2.75, 3.05) is 19.3 Å². The number of aryl methyl sites for hydroxylation is 1. The monoisotopic (exact) mass is 404 g/mol. The third kappa shape index (κ3) is 6.09. The van der Waals surface area contributed by atoms with Crippen molar-refractivity contribution in [2.45, 2.75) is 51.9 Å². The number of thioether (sulfide) groups is 1. The third-order valence-corrected chi connectivity index (χ3v) is 4.80. The average molecular weight is 405 g/mol. The van der Waals surface area contributed by atoms with Crippen molar-refractivity contribution in [1.82, 2.24) is 19.7 Å². The van der Waals surface area contributed by atoms with E-state index in [1.165, 1.54) is 16.7 Å². The minimum absolute atomic E-state index is 0.0777. The van der Waals surface area contributed by atoms with Gasteiger partial charge in [0, 0.05) is 19.2 Å². The van der Waals surface area contributed by atoms with Gasteiger partial charge in [-0.1, -0.05) is 35.5 Å². The van der Waals surface area contributed by atoms with Crippen LogP contribution < -0.4 is 0 Å².